The van der Waals surface area contributed by atoms with Crippen molar-refractivity contribution in [2.75, 3.05) is 26.4 Å². The molecule has 0 fully saturated rings. The van der Waals surface area contributed by atoms with Gasteiger partial charge in [-0.25, -0.2) is 4.57 Å². The lowest BCUT2D eigenvalue weighted by molar-refractivity contribution is -0.161. The Kier molecular flexibility index (Phi) is 40.1. The van der Waals surface area contributed by atoms with Gasteiger partial charge in [0.05, 0.1) is 19.8 Å². The summed E-state index contributed by atoms with van der Waals surface area (Å²) in [5.74, 6) is -0.977. The van der Waals surface area contributed by atoms with Gasteiger partial charge in [-0.1, -0.05) is 152 Å². The van der Waals surface area contributed by atoms with Gasteiger partial charge in [-0.3, -0.25) is 18.6 Å². The standard InChI is InChI=1S/C46H81O10P/c1-3-5-7-9-11-13-15-17-19-20-21-22-24-25-27-29-31-33-35-37-45(49)53-41-44(42-55-57(51,52)54-40-43(48)39-47)56-46(50)38-36-34-32-30-28-26-23-18-16-14-12-10-8-6-4-2/h6,8,12,14,17-19,23,28,30,43-44,47-48H,3-5,7,9-11,13,15-16,20-22,24-27,29,31-42H2,1-2H3,(H,51,52)/b8-6+,14-12+,19-17+,23-18+,30-28+/t43-,44+/m0/s1. The highest BCUT2D eigenvalue weighted by Gasteiger charge is 2.27. The number of aliphatic hydroxyl groups excluding tert-OH is 2. The fourth-order valence-corrected chi connectivity index (χ4v) is 6.53. The van der Waals surface area contributed by atoms with E-state index >= 15 is 0 Å². The second-order valence-electron chi connectivity index (χ2n) is 14.7. The van der Waals surface area contributed by atoms with Gasteiger partial charge < -0.3 is 24.6 Å². The van der Waals surface area contributed by atoms with Crippen LogP contribution in [0.1, 0.15) is 181 Å². The van der Waals surface area contributed by atoms with Crippen molar-refractivity contribution < 1.29 is 47.8 Å². The van der Waals surface area contributed by atoms with E-state index in [2.05, 4.69) is 79.1 Å². The van der Waals surface area contributed by atoms with E-state index in [9.17, 15) is 24.2 Å². The number of unbranched alkanes of at least 4 members (excludes halogenated alkanes) is 17. The maximum atomic E-state index is 12.6. The van der Waals surface area contributed by atoms with Crippen LogP contribution in [-0.4, -0.2) is 65.7 Å². The first-order valence-corrected chi connectivity index (χ1v) is 23.7. The van der Waals surface area contributed by atoms with Crippen LogP contribution in [0.3, 0.4) is 0 Å². The molecule has 3 N–H and O–H groups in total. The minimum absolute atomic E-state index is 0.130. The summed E-state index contributed by atoms with van der Waals surface area (Å²) in [6, 6.07) is 0. The molecule has 0 spiro atoms. The molecule has 0 aromatic heterocycles. The lowest BCUT2D eigenvalue weighted by Gasteiger charge is -2.20. The topological polar surface area (TPSA) is 149 Å². The van der Waals surface area contributed by atoms with Crippen LogP contribution in [0.25, 0.3) is 0 Å². The third kappa shape index (κ3) is 41.6. The van der Waals surface area contributed by atoms with E-state index in [1.54, 1.807) is 0 Å². The summed E-state index contributed by atoms with van der Waals surface area (Å²) in [5, 5.41) is 18.3. The predicted octanol–water partition coefficient (Wildman–Crippen LogP) is 11.9. The molecule has 0 aliphatic carbocycles. The number of phosphoric acid groups is 1. The van der Waals surface area contributed by atoms with Crippen LogP contribution in [0.4, 0.5) is 0 Å². The Morgan fingerprint density at radius 1 is 0.544 bits per heavy atom. The minimum atomic E-state index is -4.63. The summed E-state index contributed by atoms with van der Waals surface area (Å²) in [7, 11) is -4.63. The molecular formula is C46H81O10P. The largest absolute Gasteiger partial charge is 0.472 e. The summed E-state index contributed by atoms with van der Waals surface area (Å²) >= 11 is 0. The first-order valence-electron chi connectivity index (χ1n) is 22.2. The molecule has 0 aliphatic heterocycles. The van der Waals surface area contributed by atoms with Crippen LogP contribution in [0.5, 0.6) is 0 Å². The van der Waals surface area contributed by atoms with Crippen molar-refractivity contribution in [2.24, 2.45) is 0 Å². The van der Waals surface area contributed by atoms with Gasteiger partial charge in [-0.15, -0.1) is 0 Å². The van der Waals surface area contributed by atoms with Crippen LogP contribution in [0.2, 0.25) is 0 Å². The molecule has 0 radical (unpaired) electrons. The summed E-state index contributed by atoms with van der Waals surface area (Å²) in [6.07, 6.45) is 46.2. The Balaban J connectivity index is 4.32. The highest BCUT2D eigenvalue weighted by atomic mass is 31.2. The average molecular weight is 825 g/mol. The number of allylic oxidation sites excluding steroid dienone is 10. The Morgan fingerprint density at radius 2 is 0.965 bits per heavy atom. The Hall–Kier alpha value is -2.33. The number of carbonyl (C=O) groups is 2. The van der Waals surface area contributed by atoms with E-state index in [0.717, 1.165) is 57.8 Å². The van der Waals surface area contributed by atoms with Crippen molar-refractivity contribution in [3.05, 3.63) is 60.8 Å². The molecule has 0 saturated heterocycles. The molecule has 11 heteroatoms. The van der Waals surface area contributed by atoms with E-state index in [-0.39, 0.29) is 19.4 Å². The molecule has 0 amide bonds. The first-order chi connectivity index (χ1) is 27.7. The number of aliphatic hydroxyl groups is 2. The van der Waals surface area contributed by atoms with Crippen molar-refractivity contribution in [2.45, 2.75) is 193 Å². The normalized spacial score (nSPS) is 14.4. The molecule has 3 atom stereocenters. The van der Waals surface area contributed by atoms with E-state index in [1.165, 1.54) is 83.5 Å². The SMILES string of the molecule is CC/C=C/C/C=C/C/C=C/C/C=C/CCCCC(=O)O[C@H](COC(=O)CCCCCCCCCCC/C=C/CCCCCCCC)COP(=O)(O)OC[C@@H](O)CO. The van der Waals surface area contributed by atoms with Crippen LogP contribution in [0.15, 0.2) is 60.8 Å². The van der Waals surface area contributed by atoms with Gasteiger partial charge in [0, 0.05) is 12.8 Å². The zero-order valence-corrected chi connectivity index (χ0v) is 36.7. The molecule has 330 valence electrons. The minimum Gasteiger partial charge on any atom is -0.462 e. The smallest absolute Gasteiger partial charge is 0.462 e. The molecule has 10 nitrogen and oxygen atoms in total. The summed E-state index contributed by atoms with van der Waals surface area (Å²) in [6.45, 7) is 2.21. The molecule has 1 unspecified atom stereocenters. The summed E-state index contributed by atoms with van der Waals surface area (Å²) < 4.78 is 32.7. The molecule has 0 aliphatic rings. The zero-order chi connectivity index (χ0) is 41.9. The predicted molar refractivity (Wildman–Crippen MR) is 233 cm³/mol. The summed E-state index contributed by atoms with van der Waals surface area (Å²) in [4.78, 5) is 35.0. The van der Waals surface area contributed by atoms with Crippen molar-refractivity contribution in [1.29, 1.82) is 0 Å². The van der Waals surface area contributed by atoms with Gasteiger partial charge >= 0.3 is 19.8 Å². The fourth-order valence-electron chi connectivity index (χ4n) is 5.74. The first kappa shape index (κ1) is 54.7. The van der Waals surface area contributed by atoms with Gasteiger partial charge in [0.2, 0.25) is 0 Å². The zero-order valence-electron chi connectivity index (χ0n) is 35.8. The van der Waals surface area contributed by atoms with Crippen LogP contribution in [0, 0.1) is 0 Å². The Labute approximate surface area is 346 Å². The third-order valence-electron chi connectivity index (χ3n) is 9.16. The monoisotopic (exact) mass is 825 g/mol. The van der Waals surface area contributed by atoms with E-state index in [4.69, 9.17) is 19.1 Å². The number of carbonyl (C=O) groups excluding carboxylic acids is 2. The molecular weight excluding hydrogens is 743 g/mol. The molecule has 0 saturated carbocycles. The second-order valence-corrected chi connectivity index (χ2v) is 16.1. The van der Waals surface area contributed by atoms with Gasteiger partial charge in [-0.05, 0) is 77.0 Å². The fraction of sp³-hybridized carbons (Fsp3) is 0.739. The van der Waals surface area contributed by atoms with Crippen LogP contribution >= 0.6 is 7.82 Å². The van der Waals surface area contributed by atoms with E-state index in [1.807, 2.05) is 0 Å². The van der Waals surface area contributed by atoms with Gasteiger partial charge in [-0.2, -0.15) is 0 Å². The van der Waals surface area contributed by atoms with Crippen molar-refractivity contribution >= 4 is 19.8 Å². The van der Waals surface area contributed by atoms with Crippen LogP contribution in [-0.2, 0) is 32.7 Å². The molecule has 0 aromatic carbocycles. The average Bonchev–Trinajstić information content (AvgIpc) is 3.20. The van der Waals surface area contributed by atoms with Gasteiger partial charge in [0.25, 0.3) is 0 Å². The highest BCUT2D eigenvalue weighted by molar-refractivity contribution is 7.47. The van der Waals surface area contributed by atoms with Gasteiger partial charge in [0.15, 0.2) is 6.10 Å². The number of rotatable bonds is 41. The Bertz CT molecular complexity index is 1130. The number of ether oxygens (including phenoxy) is 2. The third-order valence-corrected chi connectivity index (χ3v) is 10.1. The highest BCUT2D eigenvalue weighted by Crippen LogP contribution is 2.43. The number of esters is 2. The number of hydrogen-bond donors (Lipinski definition) is 3. The maximum absolute atomic E-state index is 12.6. The van der Waals surface area contributed by atoms with Crippen LogP contribution < -0.4 is 0 Å². The van der Waals surface area contributed by atoms with Crippen molar-refractivity contribution in [1.82, 2.24) is 0 Å². The lowest BCUT2D eigenvalue weighted by Crippen LogP contribution is -2.29. The van der Waals surface area contributed by atoms with Crippen molar-refractivity contribution in [3.63, 3.8) is 0 Å². The molecule has 0 heterocycles. The van der Waals surface area contributed by atoms with E-state index < -0.39 is 51.8 Å². The number of phosphoric ester groups is 1. The molecule has 0 rings (SSSR count). The Morgan fingerprint density at radius 3 is 1.51 bits per heavy atom. The van der Waals surface area contributed by atoms with E-state index in [0.29, 0.717) is 12.8 Å². The molecule has 0 bridgehead atoms. The van der Waals surface area contributed by atoms with Crippen molar-refractivity contribution in [3.8, 4) is 0 Å². The van der Waals surface area contributed by atoms with Gasteiger partial charge in [0.1, 0.15) is 12.7 Å². The molecule has 0 aromatic rings. The second kappa shape index (κ2) is 41.8. The summed E-state index contributed by atoms with van der Waals surface area (Å²) in [5.41, 5.74) is 0. The number of hydrogen-bond acceptors (Lipinski definition) is 9. The quantitative estimate of drug-likeness (QED) is 0.0235. The maximum Gasteiger partial charge on any atom is 0.472 e. The molecule has 57 heavy (non-hydrogen) atoms. The lowest BCUT2D eigenvalue weighted by atomic mass is 10.1.